The number of sulfone groups is 1. The molecule has 2 aliphatic heterocycles. The maximum Gasteiger partial charge on any atom is 0.150 e. The fourth-order valence-corrected chi connectivity index (χ4v) is 3.91. The Morgan fingerprint density at radius 2 is 2.09 bits per heavy atom. The summed E-state index contributed by atoms with van der Waals surface area (Å²) in [5.74, 6) is 1.22. The molecule has 64 valence electrons. The normalized spacial score (nSPS) is 41.8. The van der Waals surface area contributed by atoms with Crippen molar-refractivity contribution in [3.8, 4) is 0 Å². The zero-order chi connectivity index (χ0) is 7.90. The van der Waals surface area contributed by atoms with Crippen LogP contribution in [0.3, 0.4) is 0 Å². The second kappa shape index (κ2) is 2.45. The number of hydrogen-bond donors (Lipinski definition) is 1. The van der Waals surface area contributed by atoms with Crippen LogP contribution >= 0.6 is 0 Å². The van der Waals surface area contributed by atoms with Crippen LogP contribution in [0.25, 0.3) is 0 Å². The first-order chi connectivity index (χ1) is 5.17. The Hall–Kier alpha value is -0.0900. The Morgan fingerprint density at radius 3 is 2.91 bits per heavy atom. The van der Waals surface area contributed by atoms with Gasteiger partial charge in [0.25, 0.3) is 0 Å². The molecule has 1 N–H and O–H groups in total. The van der Waals surface area contributed by atoms with E-state index in [1.54, 1.807) is 0 Å². The van der Waals surface area contributed by atoms with Crippen molar-refractivity contribution in [1.82, 2.24) is 5.32 Å². The molecule has 0 aromatic carbocycles. The van der Waals surface area contributed by atoms with Crippen LogP contribution in [0.5, 0.6) is 0 Å². The second-order valence-electron chi connectivity index (χ2n) is 3.51. The van der Waals surface area contributed by atoms with Gasteiger partial charge in [0.2, 0.25) is 0 Å². The van der Waals surface area contributed by atoms with Gasteiger partial charge in [0, 0.05) is 6.04 Å². The van der Waals surface area contributed by atoms with Gasteiger partial charge in [-0.3, -0.25) is 0 Å². The van der Waals surface area contributed by atoms with Gasteiger partial charge in [0.15, 0.2) is 9.84 Å². The molecule has 0 radical (unpaired) electrons. The van der Waals surface area contributed by atoms with Crippen LogP contribution < -0.4 is 5.32 Å². The number of nitrogens with one attached hydrogen (secondary N) is 1. The van der Waals surface area contributed by atoms with Gasteiger partial charge in [-0.05, 0) is 25.3 Å². The van der Waals surface area contributed by atoms with E-state index in [2.05, 4.69) is 5.32 Å². The molecule has 2 unspecified atom stereocenters. The molecule has 0 saturated carbocycles. The highest BCUT2D eigenvalue weighted by Gasteiger charge is 2.35. The molecule has 4 heteroatoms. The summed E-state index contributed by atoms with van der Waals surface area (Å²) in [6.07, 6.45) is 1.87. The number of rotatable bonds is 0. The van der Waals surface area contributed by atoms with Crippen LogP contribution in [0.4, 0.5) is 0 Å². The van der Waals surface area contributed by atoms with Crippen LogP contribution in [0.2, 0.25) is 0 Å². The summed E-state index contributed by atoms with van der Waals surface area (Å²) in [7, 11) is -2.68. The molecule has 0 bridgehead atoms. The zero-order valence-electron chi connectivity index (χ0n) is 6.41. The highest BCUT2D eigenvalue weighted by atomic mass is 32.2. The molecule has 2 fully saturated rings. The van der Waals surface area contributed by atoms with Gasteiger partial charge in [0.05, 0.1) is 11.5 Å². The Balaban J connectivity index is 2.14. The Morgan fingerprint density at radius 1 is 1.27 bits per heavy atom. The summed E-state index contributed by atoms with van der Waals surface area (Å²) in [4.78, 5) is 0. The summed E-state index contributed by atoms with van der Waals surface area (Å²) >= 11 is 0. The predicted molar refractivity (Wildman–Crippen MR) is 43.2 cm³/mol. The second-order valence-corrected chi connectivity index (χ2v) is 5.74. The lowest BCUT2D eigenvalue weighted by Crippen LogP contribution is -2.38. The maximum atomic E-state index is 11.2. The van der Waals surface area contributed by atoms with Crippen LogP contribution in [0, 0.1) is 5.92 Å². The standard InChI is InChI=1S/C7H13NO2S/c9-11(10)4-2-7-6(5-11)1-3-8-7/h6-8H,1-5H2. The summed E-state index contributed by atoms with van der Waals surface area (Å²) < 4.78 is 22.3. The lowest BCUT2D eigenvalue weighted by molar-refractivity contribution is 0.443. The first-order valence-electron chi connectivity index (χ1n) is 4.11. The van der Waals surface area contributed by atoms with Crippen molar-refractivity contribution in [2.75, 3.05) is 18.1 Å². The highest BCUT2D eigenvalue weighted by Crippen LogP contribution is 2.25. The Labute approximate surface area is 67.1 Å². The fourth-order valence-electron chi connectivity index (χ4n) is 2.08. The summed E-state index contributed by atoms with van der Waals surface area (Å²) in [5, 5.41) is 3.33. The monoisotopic (exact) mass is 175 g/mol. The predicted octanol–water partition coefficient (Wildman–Crippen LogP) is -0.217. The molecule has 0 aromatic heterocycles. The van der Waals surface area contributed by atoms with Gasteiger partial charge < -0.3 is 5.32 Å². The third-order valence-corrected chi connectivity index (χ3v) is 4.49. The fraction of sp³-hybridized carbons (Fsp3) is 1.00. The average Bonchev–Trinajstić information content (AvgIpc) is 2.31. The van der Waals surface area contributed by atoms with Crippen LogP contribution in [-0.2, 0) is 9.84 Å². The minimum Gasteiger partial charge on any atom is -0.314 e. The van der Waals surface area contributed by atoms with E-state index in [9.17, 15) is 8.42 Å². The van der Waals surface area contributed by atoms with Gasteiger partial charge in [-0.15, -0.1) is 0 Å². The molecule has 0 aliphatic carbocycles. The van der Waals surface area contributed by atoms with Crippen LogP contribution in [0.1, 0.15) is 12.8 Å². The van der Waals surface area contributed by atoms with Gasteiger partial charge in [-0.25, -0.2) is 8.42 Å². The molecule has 0 aromatic rings. The number of hydrogen-bond acceptors (Lipinski definition) is 3. The van der Waals surface area contributed by atoms with E-state index < -0.39 is 9.84 Å². The quantitative estimate of drug-likeness (QED) is 0.554. The van der Waals surface area contributed by atoms with E-state index in [4.69, 9.17) is 0 Å². The zero-order valence-corrected chi connectivity index (χ0v) is 7.23. The third kappa shape index (κ3) is 1.42. The number of fused-ring (bicyclic) bond motifs is 1. The van der Waals surface area contributed by atoms with Crippen molar-refractivity contribution < 1.29 is 8.42 Å². The van der Waals surface area contributed by atoms with E-state index in [1.165, 1.54) is 0 Å². The van der Waals surface area contributed by atoms with Crippen LogP contribution in [0.15, 0.2) is 0 Å². The van der Waals surface area contributed by atoms with Gasteiger partial charge >= 0.3 is 0 Å². The van der Waals surface area contributed by atoms with E-state index in [-0.39, 0.29) is 0 Å². The maximum absolute atomic E-state index is 11.2. The van der Waals surface area contributed by atoms with Gasteiger partial charge in [-0.2, -0.15) is 0 Å². The van der Waals surface area contributed by atoms with Crippen molar-refractivity contribution in [3.63, 3.8) is 0 Å². The van der Waals surface area contributed by atoms with E-state index in [0.717, 1.165) is 19.4 Å². The van der Waals surface area contributed by atoms with E-state index >= 15 is 0 Å². The molecular formula is C7H13NO2S. The molecule has 0 spiro atoms. The first kappa shape index (κ1) is 7.55. The molecule has 2 aliphatic rings. The minimum atomic E-state index is -2.68. The molecule has 2 heterocycles. The van der Waals surface area contributed by atoms with E-state index in [1.807, 2.05) is 0 Å². The molecule has 3 nitrogen and oxygen atoms in total. The van der Waals surface area contributed by atoms with Crippen molar-refractivity contribution in [2.24, 2.45) is 5.92 Å². The summed E-state index contributed by atoms with van der Waals surface area (Å²) in [6.45, 7) is 1.00. The Kier molecular flexibility index (Phi) is 1.68. The first-order valence-corrected chi connectivity index (χ1v) is 5.93. The minimum absolute atomic E-state index is 0.390. The largest absolute Gasteiger partial charge is 0.314 e. The van der Waals surface area contributed by atoms with Crippen LogP contribution in [-0.4, -0.2) is 32.5 Å². The van der Waals surface area contributed by atoms with Crippen molar-refractivity contribution in [1.29, 1.82) is 0 Å². The summed E-state index contributed by atoms with van der Waals surface area (Å²) in [5.41, 5.74) is 0. The third-order valence-electron chi connectivity index (χ3n) is 2.70. The molecule has 2 atom stereocenters. The lowest BCUT2D eigenvalue weighted by atomic mass is 10.0. The Bertz CT molecular complexity index is 247. The topological polar surface area (TPSA) is 46.2 Å². The smallest absolute Gasteiger partial charge is 0.150 e. The van der Waals surface area contributed by atoms with E-state index in [0.29, 0.717) is 23.5 Å². The van der Waals surface area contributed by atoms with Gasteiger partial charge in [0.1, 0.15) is 0 Å². The molecule has 2 rings (SSSR count). The lowest BCUT2D eigenvalue weighted by Gasteiger charge is -2.24. The molecule has 11 heavy (non-hydrogen) atoms. The molecular weight excluding hydrogens is 162 g/mol. The van der Waals surface area contributed by atoms with Crippen molar-refractivity contribution in [2.45, 2.75) is 18.9 Å². The molecule has 2 saturated heterocycles. The highest BCUT2D eigenvalue weighted by molar-refractivity contribution is 7.91. The SMILES string of the molecule is O=S1(=O)CCC2NCCC2C1. The van der Waals surface area contributed by atoms with Gasteiger partial charge in [-0.1, -0.05) is 0 Å². The van der Waals surface area contributed by atoms with Crippen molar-refractivity contribution in [3.05, 3.63) is 0 Å². The average molecular weight is 175 g/mol. The molecule has 0 amide bonds. The van der Waals surface area contributed by atoms with Crippen molar-refractivity contribution >= 4 is 9.84 Å². The summed E-state index contributed by atoms with van der Waals surface area (Å²) in [6, 6.07) is 0.499.